The SMILES string of the molecule is C=CCOC(=O)C1=C(C)N=c2s/c(=C3\C(=O)N(CCCCCCC)c4ccccc43)c(=O)n2C1c1ccc(OC)cc1. The van der Waals surface area contributed by atoms with Gasteiger partial charge in [-0.15, -0.1) is 0 Å². The Bertz CT molecular complexity index is 1730. The predicted octanol–water partition coefficient (Wildman–Crippen LogP) is 4.66. The number of unbranched alkanes of at least 4 members (excludes halogenated alkanes) is 4. The van der Waals surface area contributed by atoms with Crippen LogP contribution in [-0.4, -0.2) is 36.7 Å². The lowest BCUT2D eigenvalue weighted by atomic mass is 9.96. The maximum absolute atomic E-state index is 14.3. The maximum Gasteiger partial charge on any atom is 0.338 e. The van der Waals surface area contributed by atoms with Gasteiger partial charge in [0.05, 0.1) is 35.7 Å². The van der Waals surface area contributed by atoms with Crippen molar-refractivity contribution in [3.8, 4) is 5.75 Å². The highest BCUT2D eigenvalue weighted by molar-refractivity contribution is 7.07. The molecule has 1 unspecified atom stereocenters. The third-order valence-electron chi connectivity index (χ3n) is 7.62. The normalized spacial score (nSPS) is 17.1. The van der Waals surface area contributed by atoms with Crippen molar-refractivity contribution in [1.82, 2.24) is 4.57 Å². The highest BCUT2D eigenvalue weighted by Crippen LogP contribution is 2.36. The minimum absolute atomic E-state index is 0.0269. The van der Waals surface area contributed by atoms with Crippen LogP contribution in [0.4, 0.5) is 5.69 Å². The number of para-hydroxylation sites is 1. The van der Waals surface area contributed by atoms with E-state index in [0.717, 1.165) is 36.9 Å². The minimum Gasteiger partial charge on any atom is -0.497 e. The van der Waals surface area contributed by atoms with E-state index in [2.05, 4.69) is 18.5 Å². The predicted molar refractivity (Wildman–Crippen MR) is 164 cm³/mol. The lowest BCUT2D eigenvalue weighted by Gasteiger charge is -2.24. The molecule has 0 N–H and O–H groups in total. The van der Waals surface area contributed by atoms with E-state index in [1.54, 1.807) is 31.1 Å². The number of rotatable bonds is 11. The average Bonchev–Trinajstić information content (AvgIpc) is 3.47. The molecule has 5 rings (SSSR count). The molecule has 2 aliphatic rings. The number of hydrogen-bond acceptors (Lipinski definition) is 7. The molecule has 1 amide bonds. The van der Waals surface area contributed by atoms with E-state index in [9.17, 15) is 14.4 Å². The van der Waals surface area contributed by atoms with Crippen molar-refractivity contribution in [2.75, 3.05) is 25.2 Å². The molecule has 0 radical (unpaired) electrons. The van der Waals surface area contributed by atoms with Gasteiger partial charge >= 0.3 is 5.97 Å². The van der Waals surface area contributed by atoms with Crippen molar-refractivity contribution in [3.05, 3.63) is 103 Å². The van der Waals surface area contributed by atoms with Crippen LogP contribution in [0, 0.1) is 0 Å². The van der Waals surface area contributed by atoms with Crippen LogP contribution in [0.1, 0.15) is 63.1 Å². The van der Waals surface area contributed by atoms with E-state index in [4.69, 9.17) is 9.47 Å². The minimum atomic E-state index is -0.791. The number of thiazole rings is 1. The molecule has 0 fully saturated rings. The number of carbonyl (C=O) groups excluding carboxylic acids is 2. The van der Waals surface area contributed by atoms with Crippen molar-refractivity contribution in [2.24, 2.45) is 4.99 Å². The fourth-order valence-corrected chi connectivity index (χ4v) is 6.68. The molecule has 42 heavy (non-hydrogen) atoms. The summed E-state index contributed by atoms with van der Waals surface area (Å²) >= 11 is 1.18. The number of hydrogen-bond donors (Lipinski definition) is 0. The molecule has 3 aromatic rings. The van der Waals surface area contributed by atoms with Gasteiger partial charge in [0.2, 0.25) is 0 Å². The smallest absolute Gasteiger partial charge is 0.338 e. The second-order valence-electron chi connectivity index (χ2n) is 10.3. The van der Waals surface area contributed by atoms with E-state index >= 15 is 0 Å². The molecular formula is C33H35N3O5S. The van der Waals surface area contributed by atoms with Gasteiger partial charge in [0.15, 0.2) is 4.80 Å². The number of allylic oxidation sites excluding steroid dienone is 1. The number of fused-ring (bicyclic) bond motifs is 2. The molecule has 0 bridgehead atoms. The van der Waals surface area contributed by atoms with Crippen molar-refractivity contribution < 1.29 is 19.1 Å². The first-order valence-corrected chi connectivity index (χ1v) is 15.1. The number of benzene rings is 2. The second kappa shape index (κ2) is 12.7. The average molecular weight is 586 g/mol. The summed E-state index contributed by atoms with van der Waals surface area (Å²) in [5.74, 6) is -0.112. The number of esters is 1. The summed E-state index contributed by atoms with van der Waals surface area (Å²) in [5, 5.41) is 0. The number of carbonyl (C=O) groups is 2. The summed E-state index contributed by atoms with van der Waals surface area (Å²) in [7, 11) is 1.58. The van der Waals surface area contributed by atoms with Gasteiger partial charge in [-0.3, -0.25) is 14.2 Å². The van der Waals surface area contributed by atoms with Crippen LogP contribution in [0.25, 0.3) is 5.57 Å². The monoisotopic (exact) mass is 585 g/mol. The molecule has 0 saturated heterocycles. The van der Waals surface area contributed by atoms with Gasteiger partial charge in [-0.05, 0) is 37.1 Å². The summed E-state index contributed by atoms with van der Waals surface area (Å²) < 4.78 is 12.6. The van der Waals surface area contributed by atoms with Gasteiger partial charge < -0.3 is 14.4 Å². The summed E-state index contributed by atoms with van der Waals surface area (Å²) in [5.41, 5.74) is 2.98. The van der Waals surface area contributed by atoms with E-state index in [-0.39, 0.29) is 23.6 Å². The third-order valence-corrected chi connectivity index (χ3v) is 8.67. The van der Waals surface area contributed by atoms with Crippen LogP contribution in [0.2, 0.25) is 0 Å². The fourth-order valence-electron chi connectivity index (χ4n) is 5.54. The van der Waals surface area contributed by atoms with Crippen LogP contribution >= 0.6 is 11.3 Å². The maximum atomic E-state index is 14.3. The first-order chi connectivity index (χ1) is 20.4. The molecule has 218 valence electrons. The first kappa shape index (κ1) is 29.3. The Morgan fingerprint density at radius 2 is 1.81 bits per heavy atom. The zero-order valence-corrected chi connectivity index (χ0v) is 25.0. The Hall–Kier alpha value is -4.24. The molecule has 9 heteroatoms. The highest BCUT2D eigenvalue weighted by Gasteiger charge is 2.37. The number of nitrogens with zero attached hydrogens (tertiary/aromatic N) is 3. The summed E-state index contributed by atoms with van der Waals surface area (Å²) in [4.78, 5) is 48.4. The molecule has 3 heterocycles. The van der Waals surface area contributed by atoms with Crippen molar-refractivity contribution >= 4 is 34.5 Å². The molecule has 1 atom stereocenters. The van der Waals surface area contributed by atoms with Crippen molar-refractivity contribution in [3.63, 3.8) is 0 Å². The lowest BCUT2D eigenvalue weighted by Crippen LogP contribution is -2.41. The molecular weight excluding hydrogens is 550 g/mol. The Labute approximate surface area is 248 Å². The van der Waals surface area contributed by atoms with Gasteiger partial charge in [-0.2, -0.15) is 0 Å². The van der Waals surface area contributed by atoms with E-state index < -0.39 is 12.0 Å². The van der Waals surface area contributed by atoms with Crippen LogP contribution in [0.3, 0.4) is 0 Å². The van der Waals surface area contributed by atoms with Gasteiger partial charge in [-0.1, -0.05) is 86.9 Å². The summed E-state index contributed by atoms with van der Waals surface area (Å²) in [6, 6.07) is 14.0. The lowest BCUT2D eigenvalue weighted by molar-refractivity contribution is -0.138. The standard InChI is InChI=1S/C33H35N3O5S/c1-5-7-8-9-12-19-35-25-14-11-10-13-24(25)27(30(35)37)29-31(38)36-28(22-15-17-23(40-4)18-16-22)26(32(39)41-20-6-2)21(3)34-33(36)42-29/h6,10-11,13-18,28H,2,5,7-9,12,19-20H2,1,3-4H3/b29-27-. The summed E-state index contributed by atoms with van der Waals surface area (Å²) in [6.45, 7) is 8.16. The van der Waals surface area contributed by atoms with Gasteiger partial charge in [0.25, 0.3) is 11.5 Å². The van der Waals surface area contributed by atoms with Crippen LogP contribution in [-0.2, 0) is 14.3 Å². The van der Waals surface area contributed by atoms with Crippen LogP contribution in [0.15, 0.2) is 82.2 Å². The Morgan fingerprint density at radius 3 is 2.52 bits per heavy atom. The molecule has 2 aliphatic heterocycles. The van der Waals surface area contributed by atoms with Crippen molar-refractivity contribution in [2.45, 2.75) is 52.0 Å². The second-order valence-corrected chi connectivity index (χ2v) is 11.3. The van der Waals surface area contributed by atoms with Gasteiger partial charge in [-0.25, -0.2) is 9.79 Å². The van der Waals surface area contributed by atoms with Gasteiger partial charge in [0.1, 0.15) is 16.9 Å². The van der Waals surface area contributed by atoms with Crippen LogP contribution < -0.4 is 24.5 Å². The van der Waals surface area contributed by atoms with E-state index in [1.807, 2.05) is 36.4 Å². The number of aromatic nitrogens is 1. The Morgan fingerprint density at radius 1 is 1.07 bits per heavy atom. The molecule has 0 spiro atoms. The third kappa shape index (κ3) is 5.36. The number of ether oxygens (including phenoxy) is 2. The number of anilines is 1. The first-order valence-electron chi connectivity index (χ1n) is 14.3. The molecule has 8 nitrogen and oxygen atoms in total. The zero-order valence-electron chi connectivity index (χ0n) is 24.2. The van der Waals surface area contributed by atoms with E-state index in [1.165, 1.54) is 28.4 Å². The van der Waals surface area contributed by atoms with Crippen molar-refractivity contribution in [1.29, 1.82) is 0 Å². The van der Waals surface area contributed by atoms with Gasteiger partial charge in [0, 0.05) is 12.1 Å². The topological polar surface area (TPSA) is 90.2 Å². The number of methoxy groups -OCH3 is 1. The van der Waals surface area contributed by atoms with Crippen LogP contribution in [0.5, 0.6) is 5.75 Å². The highest BCUT2D eigenvalue weighted by atomic mass is 32.1. The summed E-state index contributed by atoms with van der Waals surface area (Å²) in [6.07, 6.45) is 6.89. The quantitative estimate of drug-likeness (QED) is 0.186. The number of amides is 1. The Kier molecular flexibility index (Phi) is 8.87. The molecule has 0 aliphatic carbocycles. The zero-order chi connectivity index (χ0) is 29.8. The fraction of sp³-hybridized carbons (Fsp3) is 0.333. The Balaban J connectivity index is 1.66. The molecule has 0 saturated carbocycles. The molecule has 1 aromatic heterocycles. The van der Waals surface area contributed by atoms with E-state index in [0.29, 0.717) is 38.5 Å². The largest absolute Gasteiger partial charge is 0.497 e. The molecule has 2 aromatic carbocycles.